The van der Waals surface area contributed by atoms with Crippen LogP contribution in [0, 0.1) is 0 Å². The minimum Gasteiger partial charge on any atom is -0.505 e. The number of aliphatic hydroxyl groups is 2. The lowest BCUT2D eigenvalue weighted by Gasteiger charge is -2.09. The molecule has 0 unspecified atom stereocenters. The molecule has 0 spiro atoms. The second kappa shape index (κ2) is 7.28. The van der Waals surface area contributed by atoms with E-state index >= 15 is 0 Å². The van der Waals surface area contributed by atoms with Gasteiger partial charge in [0.05, 0.1) is 12.1 Å². The topological polar surface area (TPSA) is 104 Å². The molecule has 3 N–H and O–H groups in total. The molecule has 1 heterocycles. The summed E-state index contributed by atoms with van der Waals surface area (Å²) in [6, 6.07) is 8.63. The van der Waals surface area contributed by atoms with Crippen molar-refractivity contribution in [1.29, 1.82) is 0 Å². The number of hydrogen-bond acceptors (Lipinski definition) is 6. The van der Waals surface area contributed by atoms with Crippen molar-refractivity contribution in [3.05, 3.63) is 54.1 Å². The molecule has 7 nitrogen and oxygen atoms in total. The Morgan fingerprint density at radius 1 is 1.33 bits per heavy atom. The standard InChI is InChI=1S/C17H17N3O4/c1-4-24-14-8-5-11-9-12(6-7-13(11)20-14)19-17(23)15(18-3)16(22)10(2)21/h5-9,21-22H,2-4H2,1H3,(H,19,23)/b16-15+. The number of aliphatic imine (C=N–C) groups is 1. The molecular formula is C17H17N3O4. The van der Waals surface area contributed by atoms with Crippen molar-refractivity contribution >= 4 is 29.2 Å². The summed E-state index contributed by atoms with van der Waals surface area (Å²) in [5.41, 5.74) is 0.756. The number of anilines is 1. The summed E-state index contributed by atoms with van der Waals surface area (Å²) in [6.07, 6.45) is 0. The largest absolute Gasteiger partial charge is 0.505 e. The van der Waals surface area contributed by atoms with E-state index in [2.05, 4.69) is 28.6 Å². The third-order valence-corrected chi connectivity index (χ3v) is 3.08. The average molecular weight is 327 g/mol. The summed E-state index contributed by atoms with van der Waals surface area (Å²) in [7, 11) is 0. The molecule has 0 aliphatic carbocycles. The molecule has 1 aromatic carbocycles. The molecule has 2 rings (SSSR count). The highest BCUT2D eigenvalue weighted by Crippen LogP contribution is 2.21. The van der Waals surface area contributed by atoms with E-state index in [1.807, 2.05) is 13.0 Å². The van der Waals surface area contributed by atoms with Gasteiger partial charge < -0.3 is 20.3 Å². The predicted molar refractivity (Wildman–Crippen MR) is 92.5 cm³/mol. The second-order valence-electron chi connectivity index (χ2n) is 4.75. The first-order valence-corrected chi connectivity index (χ1v) is 7.09. The fourth-order valence-electron chi connectivity index (χ4n) is 1.99. The lowest BCUT2D eigenvalue weighted by Crippen LogP contribution is -2.15. The highest BCUT2D eigenvalue weighted by atomic mass is 16.5. The maximum atomic E-state index is 12.1. The molecule has 0 atom stereocenters. The monoisotopic (exact) mass is 327 g/mol. The average Bonchev–Trinajstić information content (AvgIpc) is 2.55. The Bertz CT molecular complexity index is 843. The van der Waals surface area contributed by atoms with Crippen LogP contribution in [0.2, 0.25) is 0 Å². The molecule has 0 aliphatic heterocycles. The highest BCUT2D eigenvalue weighted by Gasteiger charge is 2.16. The van der Waals surface area contributed by atoms with Gasteiger partial charge in [0.15, 0.2) is 17.2 Å². The maximum Gasteiger partial charge on any atom is 0.278 e. The summed E-state index contributed by atoms with van der Waals surface area (Å²) >= 11 is 0. The molecule has 1 aromatic heterocycles. The maximum absolute atomic E-state index is 12.1. The van der Waals surface area contributed by atoms with E-state index in [1.54, 1.807) is 24.3 Å². The van der Waals surface area contributed by atoms with E-state index in [0.29, 0.717) is 23.7 Å². The van der Waals surface area contributed by atoms with Gasteiger partial charge in [0.25, 0.3) is 5.91 Å². The van der Waals surface area contributed by atoms with Crippen LogP contribution in [0.5, 0.6) is 5.88 Å². The predicted octanol–water partition coefficient (Wildman–Crippen LogP) is 3.11. The molecule has 124 valence electrons. The second-order valence-corrected chi connectivity index (χ2v) is 4.75. The van der Waals surface area contributed by atoms with Crippen molar-refractivity contribution < 1.29 is 19.7 Å². The van der Waals surface area contributed by atoms with Gasteiger partial charge >= 0.3 is 0 Å². The highest BCUT2D eigenvalue weighted by molar-refractivity contribution is 6.05. The van der Waals surface area contributed by atoms with Crippen molar-refractivity contribution in [3.8, 4) is 5.88 Å². The number of aromatic nitrogens is 1. The van der Waals surface area contributed by atoms with Gasteiger partial charge in [-0.2, -0.15) is 0 Å². The van der Waals surface area contributed by atoms with Gasteiger partial charge in [-0.3, -0.25) is 9.79 Å². The normalized spacial score (nSPS) is 11.5. The number of pyridine rings is 1. The van der Waals surface area contributed by atoms with Crippen LogP contribution in [-0.4, -0.2) is 34.4 Å². The number of carbonyl (C=O) groups is 1. The van der Waals surface area contributed by atoms with Crippen molar-refractivity contribution in [2.75, 3.05) is 11.9 Å². The fourth-order valence-corrected chi connectivity index (χ4v) is 1.99. The Kier molecular flexibility index (Phi) is 5.16. The third-order valence-electron chi connectivity index (χ3n) is 3.08. The molecule has 0 bridgehead atoms. The third kappa shape index (κ3) is 3.70. The zero-order valence-corrected chi connectivity index (χ0v) is 13.1. The van der Waals surface area contributed by atoms with Crippen LogP contribution in [-0.2, 0) is 4.79 Å². The van der Waals surface area contributed by atoms with Crippen molar-refractivity contribution in [2.45, 2.75) is 6.92 Å². The van der Waals surface area contributed by atoms with E-state index in [-0.39, 0.29) is 0 Å². The smallest absolute Gasteiger partial charge is 0.278 e. The van der Waals surface area contributed by atoms with Gasteiger partial charge in [0.2, 0.25) is 5.88 Å². The summed E-state index contributed by atoms with van der Waals surface area (Å²) < 4.78 is 5.34. The van der Waals surface area contributed by atoms with Gasteiger partial charge in [-0.05, 0) is 37.9 Å². The van der Waals surface area contributed by atoms with Crippen LogP contribution < -0.4 is 10.1 Å². The van der Waals surface area contributed by atoms with E-state index in [1.165, 1.54) is 0 Å². The summed E-state index contributed by atoms with van der Waals surface area (Å²) in [5, 5.41) is 22.1. The first-order chi connectivity index (χ1) is 11.5. The minimum absolute atomic E-state index is 0.424. The van der Waals surface area contributed by atoms with E-state index in [0.717, 1.165) is 5.39 Å². The van der Waals surface area contributed by atoms with Gasteiger partial charge in [-0.25, -0.2) is 4.98 Å². The zero-order valence-electron chi connectivity index (χ0n) is 13.1. The van der Waals surface area contributed by atoms with E-state index in [9.17, 15) is 9.90 Å². The Hall–Kier alpha value is -3.35. The number of benzene rings is 1. The Morgan fingerprint density at radius 2 is 2.08 bits per heavy atom. The fraction of sp³-hybridized carbons (Fsp3) is 0.118. The van der Waals surface area contributed by atoms with Crippen molar-refractivity contribution in [3.63, 3.8) is 0 Å². The van der Waals surface area contributed by atoms with Crippen LogP contribution >= 0.6 is 0 Å². The van der Waals surface area contributed by atoms with Crippen LogP contribution in [0.3, 0.4) is 0 Å². The minimum atomic E-state index is -0.730. The lowest BCUT2D eigenvalue weighted by atomic mass is 10.2. The van der Waals surface area contributed by atoms with Crippen molar-refractivity contribution in [2.24, 2.45) is 4.99 Å². The number of ether oxygens (including phenoxy) is 1. The molecule has 7 heteroatoms. The number of aliphatic hydroxyl groups excluding tert-OH is 2. The summed E-state index contributed by atoms with van der Waals surface area (Å²) in [4.78, 5) is 19.9. The Labute approximate surface area is 138 Å². The number of fused-ring (bicyclic) bond motifs is 1. The van der Waals surface area contributed by atoms with Gasteiger partial charge in [0, 0.05) is 17.1 Å². The molecule has 0 aliphatic rings. The molecule has 0 saturated heterocycles. The first-order valence-electron chi connectivity index (χ1n) is 7.09. The quantitative estimate of drug-likeness (QED) is 0.327. The summed E-state index contributed by atoms with van der Waals surface area (Å²) in [6.45, 7) is 8.74. The SMILES string of the molecule is C=N/C(C(=O)Nc1ccc2nc(OCC)ccc2c1)=C(/O)C(=C)O. The number of nitrogens with one attached hydrogen (secondary N) is 1. The molecule has 0 radical (unpaired) electrons. The van der Waals surface area contributed by atoms with Crippen LogP contribution in [0.1, 0.15) is 6.92 Å². The molecule has 0 fully saturated rings. The number of nitrogens with zero attached hydrogens (tertiary/aromatic N) is 2. The van der Waals surface area contributed by atoms with Gasteiger partial charge in [-0.1, -0.05) is 6.58 Å². The number of amides is 1. The van der Waals surface area contributed by atoms with Crippen molar-refractivity contribution in [1.82, 2.24) is 4.98 Å². The van der Waals surface area contributed by atoms with E-state index < -0.39 is 23.1 Å². The number of hydrogen-bond donors (Lipinski definition) is 3. The molecule has 0 saturated carbocycles. The first kappa shape index (κ1) is 17.0. The zero-order chi connectivity index (χ0) is 17.7. The molecule has 24 heavy (non-hydrogen) atoms. The number of carbonyl (C=O) groups excluding carboxylic acids is 1. The Morgan fingerprint density at radius 3 is 2.71 bits per heavy atom. The van der Waals surface area contributed by atoms with Gasteiger partial charge in [-0.15, -0.1) is 0 Å². The number of rotatable bonds is 6. The summed E-state index contributed by atoms with van der Waals surface area (Å²) in [5.74, 6) is -1.60. The Balaban J connectivity index is 2.28. The molecule has 2 aromatic rings. The lowest BCUT2D eigenvalue weighted by molar-refractivity contribution is -0.113. The molecular weight excluding hydrogens is 310 g/mol. The van der Waals surface area contributed by atoms with Crippen LogP contribution in [0.4, 0.5) is 5.69 Å². The van der Waals surface area contributed by atoms with Crippen LogP contribution in [0.15, 0.2) is 59.1 Å². The van der Waals surface area contributed by atoms with E-state index in [4.69, 9.17) is 9.84 Å². The van der Waals surface area contributed by atoms with Crippen LogP contribution in [0.25, 0.3) is 10.9 Å². The van der Waals surface area contributed by atoms with Gasteiger partial charge in [0.1, 0.15) is 0 Å². The molecule has 1 amide bonds.